The van der Waals surface area contributed by atoms with Gasteiger partial charge < -0.3 is 19.5 Å². The lowest BCUT2D eigenvalue weighted by atomic mass is 10.1. The monoisotopic (exact) mass is 498 g/mol. The van der Waals surface area contributed by atoms with Crippen molar-refractivity contribution in [2.45, 2.75) is 20.8 Å². The highest BCUT2D eigenvalue weighted by molar-refractivity contribution is 8.18. The highest BCUT2D eigenvalue weighted by Crippen LogP contribution is 2.34. The van der Waals surface area contributed by atoms with Crippen molar-refractivity contribution in [3.63, 3.8) is 0 Å². The summed E-state index contributed by atoms with van der Waals surface area (Å²) in [5.41, 5.74) is 2.98. The third kappa shape index (κ3) is 6.42. The summed E-state index contributed by atoms with van der Waals surface area (Å²) in [4.78, 5) is 50.6. The number of nitrogens with zero attached hydrogens (tertiary/aromatic N) is 1. The van der Waals surface area contributed by atoms with Crippen molar-refractivity contribution in [3.05, 3.63) is 58.0 Å². The number of nitrogens with one attached hydrogen (secondary N) is 1. The molecule has 35 heavy (non-hydrogen) atoms. The number of methoxy groups -OCH3 is 1. The molecule has 184 valence electrons. The van der Waals surface area contributed by atoms with Gasteiger partial charge in [-0.3, -0.25) is 19.3 Å². The molecule has 9 nitrogen and oxygen atoms in total. The number of anilines is 1. The second kappa shape index (κ2) is 11.6. The summed E-state index contributed by atoms with van der Waals surface area (Å²) >= 11 is 0.744. The fourth-order valence-electron chi connectivity index (χ4n) is 3.36. The SMILES string of the molecule is CCOC(=O)COc1cc(/C=C2\SC(=O)N(CC(=O)Nc3c(C)cccc3C)C2=O)ccc1OC. The number of amides is 3. The molecule has 3 rings (SSSR count). The lowest BCUT2D eigenvalue weighted by Crippen LogP contribution is -2.36. The van der Waals surface area contributed by atoms with Crippen molar-refractivity contribution >= 4 is 46.5 Å². The van der Waals surface area contributed by atoms with Gasteiger partial charge in [-0.05, 0) is 67.4 Å². The minimum atomic E-state index is -0.568. The van der Waals surface area contributed by atoms with Crippen molar-refractivity contribution in [2.24, 2.45) is 0 Å². The van der Waals surface area contributed by atoms with Crippen LogP contribution in [0.2, 0.25) is 0 Å². The van der Waals surface area contributed by atoms with Crippen LogP contribution in [0, 0.1) is 13.8 Å². The summed E-state index contributed by atoms with van der Waals surface area (Å²) in [5.74, 6) is -0.893. The number of benzene rings is 2. The molecule has 0 bridgehead atoms. The van der Waals surface area contributed by atoms with E-state index in [2.05, 4.69) is 5.32 Å². The van der Waals surface area contributed by atoms with Gasteiger partial charge in [0.1, 0.15) is 6.54 Å². The molecule has 1 heterocycles. The van der Waals surface area contributed by atoms with E-state index in [0.717, 1.165) is 27.8 Å². The van der Waals surface area contributed by atoms with Crippen molar-refractivity contribution < 1.29 is 33.4 Å². The molecule has 0 saturated carbocycles. The Hall–Kier alpha value is -3.79. The average molecular weight is 499 g/mol. The summed E-state index contributed by atoms with van der Waals surface area (Å²) in [6, 6.07) is 10.5. The molecule has 0 aromatic heterocycles. The van der Waals surface area contributed by atoms with Crippen LogP contribution in [0.5, 0.6) is 11.5 Å². The fourth-order valence-corrected chi connectivity index (χ4v) is 4.20. The van der Waals surface area contributed by atoms with Gasteiger partial charge in [0.15, 0.2) is 18.1 Å². The predicted octanol–water partition coefficient (Wildman–Crippen LogP) is 3.93. The van der Waals surface area contributed by atoms with Crippen LogP contribution in [0.4, 0.5) is 10.5 Å². The minimum Gasteiger partial charge on any atom is -0.493 e. The molecule has 2 aromatic carbocycles. The zero-order valence-corrected chi connectivity index (χ0v) is 20.7. The Labute approximate surface area is 207 Å². The third-order valence-electron chi connectivity index (χ3n) is 5.06. The maximum absolute atomic E-state index is 12.9. The van der Waals surface area contributed by atoms with Crippen LogP contribution in [0.25, 0.3) is 6.08 Å². The summed E-state index contributed by atoms with van der Waals surface area (Å²) in [6.45, 7) is 4.96. The quantitative estimate of drug-likeness (QED) is 0.409. The normalized spacial score (nSPS) is 14.3. The van der Waals surface area contributed by atoms with E-state index in [-0.39, 0.29) is 23.9 Å². The third-order valence-corrected chi connectivity index (χ3v) is 5.96. The fraction of sp³-hybridized carbons (Fsp3) is 0.280. The Kier molecular flexibility index (Phi) is 8.53. The molecule has 1 N–H and O–H groups in total. The first-order chi connectivity index (χ1) is 16.7. The smallest absolute Gasteiger partial charge is 0.344 e. The second-order valence-electron chi connectivity index (χ2n) is 7.59. The van der Waals surface area contributed by atoms with E-state index in [0.29, 0.717) is 17.0 Å². The van der Waals surface area contributed by atoms with Gasteiger partial charge in [0, 0.05) is 5.69 Å². The van der Waals surface area contributed by atoms with Gasteiger partial charge in [-0.1, -0.05) is 24.3 Å². The van der Waals surface area contributed by atoms with Gasteiger partial charge in [0.25, 0.3) is 11.1 Å². The molecule has 3 amide bonds. The number of carbonyl (C=O) groups is 4. The van der Waals surface area contributed by atoms with E-state index < -0.39 is 29.6 Å². The number of hydrogen-bond donors (Lipinski definition) is 1. The van der Waals surface area contributed by atoms with Gasteiger partial charge >= 0.3 is 5.97 Å². The molecule has 0 unspecified atom stereocenters. The number of hydrogen-bond acceptors (Lipinski definition) is 8. The van der Waals surface area contributed by atoms with E-state index in [4.69, 9.17) is 14.2 Å². The number of para-hydroxylation sites is 1. The zero-order valence-electron chi connectivity index (χ0n) is 19.9. The molecule has 0 atom stereocenters. The highest BCUT2D eigenvalue weighted by Gasteiger charge is 2.36. The topological polar surface area (TPSA) is 111 Å². The summed E-state index contributed by atoms with van der Waals surface area (Å²) in [5, 5.41) is 2.24. The van der Waals surface area contributed by atoms with Crippen LogP contribution in [-0.4, -0.2) is 54.8 Å². The first-order valence-corrected chi connectivity index (χ1v) is 11.6. The molecule has 1 fully saturated rings. The number of imide groups is 1. The van der Waals surface area contributed by atoms with Crippen molar-refractivity contribution in [1.82, 2.24) is 4.90 Å². The standard InChI is InChI=1S/C25H26N2O7S/c1-5-33-22(29)14-34-19-11-17(9-10-18(19)32-4)12-20-24(30)27(25(31)35-20)13-21(28)26-23-15(2)7-6-8-16(23)3/h6-12H,5,13-14H2,1-4H3,(H,26,28)/b20-12-. The number of carbonyl (C=O) groups excluding carboxylic acids is 4. The predicted molar refractivity (Wildman–Crippen MR) is 132 cm³/mol. The van der Waals surface area contributed by atoms with E-state index >= 15 is 0 Å². The Morgan fingerprint density at radius 2 is 1.80 bits per heavy atom. The molecule has 1 aliphatic rings. The number of thioether (sulfide) groups is 1. The molecular weight excluding hydrogens is 472 g/mol. The lowest BCUT2D eigenvalue weighted by molar-refractivity contribution is -0.145. The second-order valence-corrected chi connectivity index (χ2v) is 8.58. The molecule has 1 saturated heterocycles. The Morgan fingerprint density at radius 1 is 1.09 bits per heavy atom. The van der Waals surface area contributed by atoms with Crippen LogP contribution < -0.4 is 14.8 Å². The number of esters is 1. The summed E-state index contributed by atoms with van der Waals surface area (Å²) in [7, 11) is 1.46. The van der Waals surface area contributed by atoms with Gasteiger partial charge in [0.05, 0.1) is 18.6 Å². The molecule has 1 aliphatic heterocycles. The first kappa shape index (κ1) is 25.8. The van der Waals surface area contributed by atoms with Crippen molar-refractivity contribution in [1.29, 1.82) is 0 Å². The molecule has 0 radical (unpaired) electrons. The Balaban J connectivity index is 1.72. The van der Waals surface area contributed by atoms with Gasteiger partial charge in [-0.2, -0.15) is 0 Å². The maximum atomic E-state index is 12.9. The van der Waals surface area contributed by atoms with E-state index in [1.807, 2.05) is 32.0 Å². The van der Waals surface area contributed by atoms with Crippen LogP contribution >= 0.6 is 11.8 Å². The van der Waals surface area contributed by atoms with Gasteiger partial charge in [-0.25, -0.2) is 4.79 Å². The largest absolute Gasteiger partial charge is 0.493 e. The molecule has 0 aliphatic carbocycles. The van der Waals surface area contributed by atoms with Gasteiger partial charge in [0.2, 0.25) is 5.91 Å². The average Bonchev–Trinajstić information content (AvgIpc) is 3.07. The van der Waals surface area contributed by atoms with E-state index in [9.17, 15) is 19.2 Å². The lowest BCUT2D eigenvalue weighted by Gasteiger charge is -2.15. The summed E-state index contributed by atoms with van der Waals surface area (Å²) < 4.78 is 15.6. The number of ether oxygens (including phenoxy) is 3. The Morgan fingerprint density at radius 3 is 2.46 bits per heavy atom. The highest BCUT2D eigenvalue weighted by atomic mass is 32.2. The van der Waals surface area contributed by atoms with Crippen molar-refractivity contribution in [3.8, 4) is 11.5 Å². The molecule has 2 aromatic rings. The molecular formula is C25H26N2O7S. The van der Waals surface area contributed by atoms with E-state index in [1.54, 1.807) is 25.1 Å². The number of aryl methyl sites for hydroxylation is 2. The van der Waals surface area contributed by atoms with Crippen molar-refractivity contribution in [2.75, 3.05) is 32.2 Å². The first-order valence-electron chi connectivity index (χ1n) is 10.8. The Bertz CT molecular complexity index is 1170. The van der Waals surface area contributed by atoms with Crippen LogP contribution in [0.1, 0.15) is 23.6 Å². The van der Waals surface area contributed by atoms with Crippen LogP contribution in [0.3, 0.4) is 0 Å². The number of rotatable bonds is 9. The van der Waals surface area contributed by atoms with Crippen LogP contribution in [0.15, 0.2) is 41.3 Å². The van der Waals surface area contributed by atoms with Gasteiger partial charge in [-0.15, -0.1) is 0 Å². The minimum absolute atomic E-state index is 0.163. The summed E-state index contributed by atoms with van der Waals surface area (Å²) in [6.07, 6.45) is 1.52. The molecule has 10 heteroatoms. The maximum Gasteiger partial charge on any atom is 0.344 e. The zero-order chi connectivity index (χ0) is 25.5. The van der Waals surface area contributed by atoms with Crippen LogP contribution in [-0.2, 0) is 19.1 Å². The van der Waals surface area contributed by atoms with E-state index in [1.165, 1.54) is 13.2 Å². The molecule has 0 spiro atoms.